The zero-order chi connectivity index (χ0) is 12.9. The van der Waals surface area contributed by atoms with E-state index in [-0.39, 0.29) is 18.2 Å². The first-order valence-corrected chi connectivity index (χ1v) is 6.03. The maximum Gasteiger partial charge on any atom is 0.258 e. The Morgan fingerprint density at radius 3 is 2.61 bits per heavy atom. The van der Waals surface area contributed by atoms with E-state index in [9.17, 15) is 15.0 Å². The molecule has 2 aliphatic heterocycles. The number of rotatable bonds is 1. The van der Waals surface area contributed by atoms with Crippen LogP contribution in [0.15, 0.2) is 36.1 Å². The lowest BCUT2D eigenvalue weighted by atomic mass is 9.94. The van der Waals surface area contributed by atoms with E-state index in [1.807, 2.05) is 30.3 Å². The smallest absolute Gasteiger partial charge is 0.258 e. The monoisotopic (exact) mass is 245 g/mol. The van der Waals surface area contributed by atoms with E-state index in [4.69, 9.17) is 0 Å². The summed E-state index contributed by atoms with van der Waals surface area (Å²) in [6.45, 7) is 2.09. The van der Waals surface area contributed by atoms with Gasteiger partial charge >= 0.3 is 0 Å². The third-order valence-electron chi connectivity index (χ3n) is 3.89. The van der Waals surface area contributed by atoms with Crippen LogP contribution in [-0.4, -0.2) is 39.2 Å². The van der Waals surface area contributed by atoms with E-state index >= 15 is 0 Å². The van der Waals surface area contributed by atoms with Crippen molar-refractivity contribution in [1.82, 2.24) is 4.90 Å². The van der Waals surface area contributed by atoms with Gasteiger partial charge in [-0.25, -0.2) is 0 Å². The lowest BCUT2D eigenvalue weighted by Gasteiger charge is -2.27. The van der Waals surface area contributed by atoms with Crippen LogP contribution < -0.4 is 0 Å². The quantitative estimate of drug-likeness (QED) is 0.784. The molecule has 2 atom stereocenters. The number of benzene rings is 1. The molecule has 1 aromatic rings. The van der Waals surface area contributed by atoms with Crippen molar-refractivity contribution in [3.05, 3.63) is 41.7 Å². The molecule has 0 spiro atoms. The summed E-state index contributed by atoms with van der Waals surface area (Å²) in [4.78, 5) is 13.9. The number of carbonyl (C=O) groups excluding carboxylic acids is 1. The van der Waals surface area contributed by atoms with Crippen molar-refractivity contribution in [1.29, 1.82) is 0 Å². The third-order valence-corrected chi connectivity index (χ3v) is 3.89. The van der Waals surface area contributed by atoms with E-state index in [1.165, 1.54) is 0 Å². The lowest BCUT2D eigenvalue weighted by Crippen LogP contribution is -2.40. The summed E-state index contributed by atoms with van der Waals surface area (Å²) < 4.78 is 0. The SMILES string of the molecule is CC12CC(O)CN1C(=O)C(c1ccccc1)=C2O. The first-order valence-electron chi connectivity index (χ1n) is 6.03. The van der Waals surface area contributed by atoms with Gasteiger partial charge in [-0.15, -0.1) is 0 Å². The highest BCUT2D eigenvalue weighted by Crippen LogP contribution is 2.44. The van der Waals surface area contributed by atoms with E-state index < -0.39 is 11.6 Å². The van der Waals surface area contributed by atoms with Gasteiger partial charge in [-0.05, 0) is 12.5 Å². The van der Waals surface area contributed by atoms with Crippen molar-refractivity contribution >= 4 is 11.5 Å². The molecule has 1 fully saturated rings. The molecular weight excluding hydrogens is 230 g/mol. The first kappa shape index (κ1) is 11.3. The summed E-state index contributed by atoms with van der Waals surface area (Å²) in [5.74, 6) is -0.118. The Balaban J connectivity index is 2.12. The van der Waals surface area contributed by atoms with Gasteiger partial charge < -0.3 is 15.1 Å². The molecule has 0 saturated carbocycles. The van der Waals surface area contributed by atoms with Crippen molar-refractivity contribution in [2.24, 2.45) is 0 Å². The number of aliphatic hydroxyl groups excluding tert-OH is 2. The molecule has 1 amide bonds. The van der Waals surface area contributed by atoms with Crippen molar-refractivity contribution in [2.45, 2.75) is 25.0 Å². The number of amides is 1. The van der Waals surface area contributed by atoms with Crippen LogP contribution in [0, 0.1) is 0 Å². The van der Waals surface area contributed by atoms with Crippen LogP contribution in [0.25, 0.3) is 5.57 Å². The Kier molecular flexibility index (Phi) is 2.25. The minimum Gasteiger partial charge on any atom is -0.509 e. The number of nitrogens with zero attached hydrogens (tertiary/aromatic N) is 1. The van der Waals surface area contributed by atoms with Crippen LogP contribution in [0.1, 0.15) is 18.9 Å². The molecule has 1 saturated heterocycles. The molecule has 2 unspecified atom stereocenters. The van der Waals surface area contributed by atoms with Crippen LogP contribution >= 0.6 is 0 Å². The van der Waals surface area contributed by atoms with Gasteiger partial charge in [0.25, 0.3) is 5.91 Å². The van der Waals surface area contributed by atoms with Gasteiger partial charge in [0.1, 0.15) is 11.3 Å². The highest BCUT2D eigenvalue weighted by Gasteiger charge is 2.54. The van der Waals surface area contributed by atoms with Crippen LogP contribution in [0.4, 0.5) is 0 Å². The molecule has 2 aliphatic rings. The second kappa shape index (κ2) is 3.59. The molecule has 0 aliphatic carbocycles. The predicted molar refractivity (Wildman–Crippen MR) is 66.7 cm³/mol. The van der Waals surface area contributed by atoms with Gasteiger partial charge in [-0.2, -0.15) is 0 Å². The van der Waals surface area contributed by atoms with E-state index in [1.54, 1.807) is 11.8 Å². The fourth-order valence-corrected chi connectivity index (χ4v) is 2.95. The molecular formula is C14H15NO3. The number of hydrogen-bond donors (Lipinski definition) is 2. The second-order valence-electron chi connectivity index (χ2n) is 5.14. The Hall–Kier alpha value is -1.81. The molecule has 2 heterocycles. The predicted octanol–water partition coefficient (Wildman–Crippen LogP) is 1.32. The van der Waals surface area contributed by atoms with Crippen LogP contribution in [0.5, 0.6) is 0 Å². The van der Waals surface area contributed by atoms with Crippen molar-refractivity contribution in [3.63, 3.8) is 0 Å². The Morgan fingerprint density at radius 2 is 2.00 bits per heavy atom. The average Bonchev–Trinajstić information content (AvgIpc) is 2.74. The zero-order valence-corrected chi connectivity index (χ0v) is 10.1. The largest absolute Gasteiger partial charge is 0.509 e. The minimum atomic E-state index is -0.748. The molecule has 18 heavy (non-hydrogen) atoms. The number of β-amino-alcohol motifs (C(OH)–C–C–N with tert-alkyl or cyclic N) is 1. The van der Waals surface area contributed by atoms with Crippen LogP contribution in [0.3, 0.4) is 0 Å². The van der Waals surface area contributed by atoms with E-state index in [2.05, 4.69) is 0 Å². The average molecular weight is 245 g/mol. The van der Waals surface area contributed by atoms with E-state index in [0.29, 0.717) is 12.0 Å². The lowest BCUT2D eigenvalue weighted by molar-refractivity contribution is -0.126. The Morgan fingerprint density at radius 1 is 1.33 bits per heavy atom. The molecule has 4 nitrogen and oxygen atoms in total. The van der Waals surface area contributed by atoms with Crippen molar-refractivity contribution < 1.29 is 15.0 Å². The summed E-state index contributed by atoms with van der Waals surface area (Å²) >= 11 is 0. The molecule has 1 aromatic carbocycles. The number of fused-ring (bicyclic) bond motifs is 1. The van der Waals surface area contributed by atoms with Crippen molar-refractivity contribution in [2.75, 3.05) is 6.54 Å². The summed E-state index contributed by atoms with van der Waals surface area (Å²) in [6, 6.07) is 9.16. The molecule has 0 radical (unpaired) electrons. The summed E-state index contributed by atoms with van der Waals surface area (Å²) in [5, 5.41) is 20.0. The highest BCUT2D eigenvalue weighted by atomic mass is 16.3. The fraction of sp³-hybridized carbons (Fsp3) is 0.357. The molecule has 0 aromatic heterocycles. The van der Waals surface area contributed by atoms with Crippen LogP contribution in [0.2, 0.25) is 0 Å². The van der Waals surface area contributed by atoms with Gasteiger partial charge in [-0.1, -0.05) is 30.3 Å². The Bertz CT molecular complexity index is 537. The second-order valence-corrected chi connectivity index (χ2v) is 5.14. The van der Waals surface area contributed by atoms with Gasteiger partial charge in [-0.3, -0.25) is 4.79 Å². The molecule has 4 heteroatoms. The summed E-state index contributed by atoms with van der Waals surface area (Å²) in [7, 11) is 0. The maximum absolute atomic E-state index is 12.3. The standard InChI is InChI=1S/C14H15NO3/c1-14-7-10(16)8-15(14)13(18)11(12(14)17)9-5-3-2-4-6-9/h2-6,10,16-17H,7-8H2,1H3. The summed E-state index contributed by atoms with van der Waals surface area (Å²) in [6.07, 6.45) is -0.167. The molecule has 2 N–H and O–H groups in total. The zero-order valence-electron chi connectivity index (χ0n) is 10.1. The normalized spacial score (nSPS) is 31.1. The topological polar surface area (TPSA) is 60.8 Å². The van der Waals surface area contributed by atoms with Gasteiger partial charge in [0.05, 0.1) is 11.7 Å². The highest BCUT2D eigenvalue weighted by molar-refractivity contribution is 6.23. The number of hydrogen-bond acceptors (Lipinski definition) is 3. The Labute approximate surface area is 105 Å². The van der Waals surface area contributed by atoms with Crippen LogP contribution in [-0.2, 0) is 4.79 Å². The fourth-order valence-electron chi connectivity index (χ4n) is 2.95. The minimum absolute atomic E-state index is 0.0789. The van der Waals surface area contributed by atoms with Gasteiger partial charge in [0.15, 0.2) is 0 Å². The maximum atomic E-state index is 12.3. The molecule has 0 bridgehead atoms. The molecule has 94 valence electrons. The number of carbonyl (C=O) groups is 1. The number of aliphatic hydroxyl groups is 2. The third kappa shape index (κ3) is 1.32. The molecule has 3 rings (SSSR count). The van der Waals surface area contributed by atoms with Gasteiger partial charge in [0, 0.05) is 13.0 Å². The van der Waals surface area contributed by atoms with Gasteiger partial charge in [0.2, 0.25) is 0 Å². The summed E-state index contributed by atoms with van der Waals surface area (Å²) in [5.41, 5.74) is 0.344. The van der Waals surface area contributed by atoms with Crippen molar-refractivity contribution in [3.8, 4) is 0 Å². The first-order chi connectivity index (χ1) is 8.54. The van der Waals surface area contributed by atoms with E-state index in [0.717, 1.165) is 5.56 Å².